The number of anilines is 1. The van der Waals surface area contributed by atoms with Crippen molar-refractivity contribution in [3.8, 4) is 5.75 Å². The Morgan fingerprint density at radius 2 is 1.94 bits per heavy atom. The number of aliphatic imine (C=N–C) groups is 1. The Kier molecular flexibility index (Phi) is 5.81. The lowest BCUT2D eigenvalue weighted by molar-refractivity contribution is -0.190. The van der Waals surface area contributed by atoms with E-state index in [0.29, 0.717) is 43.0 Å². The van der Waals surface area contributed by atoms with Gasteiger partial charge in [0.1, 0.15) is 23.6 Å². The summed E-state index contributed by atoms with van der Waals surface area (Å²) in [7, 11) is 0. The molecule has 0 unspecified atom stereocenters. The number of Topliss-reactive ketones (excluding diaryl/α,β-unsaturated/α-hetero) is 1. The van der Waals surface area contributed by atoms with Crippen molar-refractivity contribution in [3.05, 3.63) is 29.5 Å². The van der Waals surface area contributed by atoms with Crippen LogP contribution < -0.4 is 9.64 Å². The predicted molar refractivity (Wildman–Crippen MR) is 109 cm³/mol. The molecule has 1 saturated heterocycles. The van der Waals surface area contributed by atoms with Gasteiger partial charge in [0.05, 0.1) is 18.8 Å². The van der Waals surface area contributed by atoms with Gasteiger partial charge >= 0.3 is 6.18 Å². The molecule has 0 saturated carbocycles. The second-order valence-electron chi connectivity index (χ2n) is 8.61. The number of carbonyl (C=O) groups is 1. The van der Waals surface area contributed by atoms with Crippen LogP contribution in [0.2, 0.25) is 0 Å². The van der Waals surface area contributed by atoms with Gasteiger partial charge in [-0.2, -0.15) is 13.2 Å². The molecular formula is C22H26F3N3O3. The SMILES string of the molecule is CC(C)Oc1ccc(N2CCC(C3=NCC4=C3[C@H](C(F)(F)F)[C@H](O)C(=O)C4)CC2)nc1. The average Bonchev–Trinajstić information content (AvgIpc) is 3.11. The summed E-state index contributed by atoms with van der Waals surface area (Å²) in [6.45, 7) is 5.28. The van der Waals surface area contributed by atoms with Crippen molar-refractivity contribution in [2.24, 2.45) is 16.8 Å². The van der Waals surface area contributed by atoms with E-state index in [9.17, 15) is 23.1 Å². The van der Waals surface area contributed by atoms with Gasteiger partial charge in [0, 0.05) is 31.1 Å². The first kappa shape index (κ1) is 21.8. The number of pyridine rings is 1. The number of aromatic nitrogens is 1. The summed E-state index contributed by atoms with van der Waals surface area (Å²) in [6.07, 6.45) is -3.88. The molecule has 168 valence electrons. The highest BCUT2D eigenvalue weighted by Gasteiger charge is 2.54. The summed E-state index contributed by atoms with van der Waals surface area (Å²) in [6, 6.07) is 3.75. The number of aliphatic hydroxyl groups excluding tert-OH is 1. The standard InChI is InChI=1S/C22H26F3N3O3/c1-12(2)31-15-3-4-17(26-11-15)28-7-5-13(6-8-28)20-18-14(10-27-20)9-16(29)21(30)19(18)22(23,24)25/h3-4,11-13,19,21,30H,5-10H2,1-2H3/t19-,21+/m0/s1. The van der Waals surface area contributed by atoms with Crippen molar-refractivity contribution < 1.29 is 27.8 Å². The monoisotopic (exact) mass is 437 g/mol. The number of piperidine rings is 1. The maximum Gasteiger partial charge on any atom is 0.398 e. The van der Waals surface area contributed by atoms with Gasteiger partial charge in [-0.25, -0.2) is 4.98 Å². The number of nitrogens with zero attached hydrogens (tertiary/aromatic N) is 3. The van der Waals surface area contributed by atoms with Crippen molar-refractivity contribution >= 4 is 17.3 Å². The number of ether oxygens (including phenoxy) is 1. The number of halogens is 3. The second kappa shape index (κ2) is 8.26. The van der Waals surface area contributed by atoms with Crippen LogP contribution in [0.1, 0.15) is 33.1 Å². The first-order valence-corrected chi connectivity index (χ1v) is 10.6. The Labute approximate surface area is 178 Å². The van der Waals surface area contributed by atoms with Gasteiger partial charge in [-0.1, -0.05) is 0 Å². The normalized spacial score (nSPS) is 25.2. The molecule has 1 aromatic heterocycles. The Hall–Kier alpha value is -2.42. The summed E-state index contributed by atoms with van der Waals surface area (Å²) < 4.78 is 46.7. The van der Waals surface area contributed by atoms with Crippen LogP contribution in [-0.4, -0.2) is 59.6 Å². The summed E-state index contributed by atoms with van der Waals surface area (Å²) in [5.74, 6) is -1.58. The van der Waals surface area contributed by atoms with Crippen LogP contribution in [0.5, 0.6) is 5.75 Å². The van der Waals surface area contributed by atoms with E-state index in [0.717, 1.165) is 5.82 Å². The first-order chi connectivity index (χ1) is 14.6. The molecule has 6 nitrogen and oxygen atoms in total. The minimum absolute atomic E-state index is 0.0592. The van der Waals surface area contributed by atoms with Gasteiger partial charge in [0.15, 0.2) is 5.78 Å². The molecular weight excluding hydrogens is 411 g/mol. The number of ketones is 1. The Morgan fingerprint density at radius 1 is 1.23 bits per heavy atom. The van der Waals surface area contributed by atoms with Gasteiger partial charge in [-0.3, -0.25) is 9.79 Å². The molecule has 0 spiro atoms. The number of alkyl halides is 3. The van der Waals surface area contributed by atoms with Crippen LogP contribution in [0.15, 0.2) is 34.5 Å². The third-order valence-corrected chi connectivity index (χ3v) is 6.09. The van der Waals surface area contributed by atoms with E-state index >= 15 is 0 Å². The zero-order chi connectivity index (χ0) is 22.3. The van der Waals surface area contributed by atoms with Gasteiger partial charge in [0.25, 0.3) is 0 Å². The highest BCUT2D eigenvalue weighted by atomic mass is 19.4. The molecule has 1 aliphatic carbocycles. The summed E-state index contributed by atoms with van der Waals surface area (Å²) in [5.41, 5.74) is 0.904. The molecule has 0 radical (unpaired) electrons. The van der Waals surface area contributed by atoms with Crippen LogP contribution in [0.25, 0.3) is 0 Å². The lowest BCUT2D eigenvalue weighted by Gasteiger charge is -2.36. The van der Waals surface area contributed by atoms with Gasteiger partial charge < -0.3 is 14.7 Å². The molecule has 3 heterocycles. The van der Waals surface area contributed by atoms with E-state index in [1.165, 1.54) is 0 Å². The number of aliphatic hydroxyl groups is 1. The molecule has 3 aliphatic rings. The molecule has 0 aromatic carbocycles. The molecule has 0 amide bonds. The topological polar surface area (TPSA) is 75.0 Å². The molecule has 2 atom stereocenters. The number of hydrogen-bond acceptors (Lipinski definition) is 6. The zero-order valence-corrected chi connectivity index (χ0v) is 17.5. The lowest BCUT2D eigenvalue weighted by atomic mass is 9.74. The maximum absolute atomic E-state index is 13.7. The fraction of sp³-hybridized carbons (Fsp3) is 0.591. The fourth-order valence-electron chi connectivity index (χ4n) is 4.70. The van der Waals surface area contributed by atoms with Crippen molar-refractivity contribution in [1.29, 1.82) is 0 Å². The van der Waals surface area contributed by atoms with Crippen molar-refractivity contribution in [2.75, 3.05) is 24.5 Å². The van der Waals surface area contributed by atoms with E-state index in [1.807, 2.05) is 26.0 Å². The molecule has 4 rings (SSSR count). The van der Waals surface area contributed by atoms with Gasteiger partial charge in [-0.15, -0.1) is 0 Å². The number of hydrogen-bond donors (Lipinski definition) is 1. The summed E-state index contributed by atoms with van der Waals surface area (Å²) in [5, 5.41) is 10.0. The Balaban J connectivity index is 1.46. The van der Waals surface area contributed by atoms with E-state index in [-0.39, 0.29) is 30.6 Å². The molecule has 1 N–H and O–H groups in total. The van der Waals surface area contributed by atoms with Crippen molar-refractivity contribution in [1.82, 2.24) is 4.98 Å². The van der Waals surface area contributed by atoms with Gasteiger partial charge in [-0.05, 0) is 50.0 Å². The van der Waals surface area contributed by atoms with E-state index in [4.69, 9.17) is 4.74 Å². The van der Waals surface area contributed by atoms with E-state index < -0.39 is 24.0 Å². The van der Waals surface area contributed by atoms with E-state index in [1.54, 1.807) is 6.20 Å². The molecule has 2 aliphatic heterocycles. The highest BCUT2D eigenvalue weighted by Crippen LogP contribution is 2.45. The van der Waals surface area contributed by atoms with Crippen LogP contribution in [-0.2, 0) is 4.79 Å². The van der Waals surface area contributed by atoms with Crippen LogP contribution >= 0.6 is 0 Å². The van der Waals surface area contributed by atoms with E-state index in [2.05, 4.69) is 14.9 Å². The zero-order valence-electron chi connectivity index (χ0n) is 17.5. The second-order valence-corrected chi connectivity index (χ2v) is 8.61. The van der Waals surface area contributed by atoms with Crippen molar-refractivity contribution in [2.45, 2.75) is 51.5 Å². The molecule has 9 heteroatoms. The van der Waals surface area contributed by atoms with Crippen LogP contribution in [0.3, 0.4) is 0 Å². The minimum atomic E-state index is -4.69. The largest absolute Gasteiger partial charge is 0.489 e. The maximum atomic E-state index is 13.7. The van der Waals surface area contributed by atoms with Crippen LogP contribution in [0, 0.1) is 11.8 Å². The molecule has 1 fully saturated rings. The Bertz CT molecular complexity index is 901. The molecule has 1 aromatic rings. The highest BCUT2D eigenvalue weighted by molar-refractivity contribution is 6.08. The Morgan fingerprint density at radius 3 is 2.52 bits per heavy atom. The van der Waals surface area contributed by atoms with Crippen molar-refractivity contribution in [3.63, 3.8) is 0 Å². The molecule has 31 heavy (non-hydrogen) atoms. The molecule has 0 bridgehead atoms. The number of carbonyl (C=O) groups excluding carboxylic acids is 1. The smallest absolute Gasteiger partial charge is 0.398 e. The minimum Gasteiger partial charge on any atom is -0.489 e. The summed E-state index contributed by atoms with van der Waals surface area (Å²) >= 11 is 0. The third-order valence-electron chi connectivity index (χ3n) is 6.09. The van der Waals surface area contributed by atoms with Gasteiger partial charge in [0.2, 0.25) is 0 Å². The number of rotatable bonds is 4. The first-order valence-electron chi connectivity index (χ1n) is 10.6. The van der Waals surface area contributed by atoms with Crippen LogP contribution in [0.4, 0.5) is 19.0 Å². The summed E-state index contributed by atoms with van der Waals surface area (Å²) in [4.78, 5) is 22.9. The predicted octanol–water partition coefficient (Wildman–Crippen LogP) is 3.35. The fourth-order valence-corrected chi connectivity index (χ4v) is 4.70. The third kappa shape index (κ3) is 4.33. The lowest BCUT2D eigenvalue weighted by Crippen LogP contribution is -2.46. The quantitative estimate of drug-likeness (QED) is 0.782. The average molecular weight is 437 g/mol.